The smallest absolute Gasteiger partial charge is 0.316 e. The van der Waals surface area contributed by atoms with E-state index < -0.39 is 14.7 Å². The molecule has 0 saturated heterocycles. The predicted octanol–water partition coefficient (Wildman–Crippen LogP) is 4.73. The van der Waals surface area contributed by atoms with Crippen molar-refractivity contribution in [1.82, 2.24) is 0 Å². The topological polar surface area (TPSA) is 44.8 Å². The summed E-state index contributed by atoms with van der Waals surface area (Å²) in [7, 11) is 1.56. The van der Waals surface area contributed by atoms with E-state index in [4.69, 9.17) is 13.6 Å². The van der Waals surface area contributed by atoms with E-state index in [-0.39, 0.29) is 11.2 Å². The summed E-state index contributed by atoms with van der Waals surface area (Å²) in [6.45, 7) is 10.2. The summed E-state index contributed by atoms with van der Waals surface area (Å²) in [6.07, 6.45) is 6.24. The minimum atomic E-state index is -1.47. The molecule has 0 N–H and O–H groups in total. The highest BCUT2D eigenvalue weighted by Crippen LogP contribution is 2.46. The van der Waals surface area contributed by atoms with Crippen LogP contribution in [0.1, 0.15) is 41.0 Å². The second-order valence-electron chi connectivity index (χ2n) is 6.04. The van der Waals surface area contributed by atoms with Crippen LogP contribution >= 0.6 is 8.60 Å². The van der Waals surface area contributed by atoms with Crippen LogP contribution in [0.3, 0.4) is 0 Å². The minimum Gasteiger partial charge on any atom is -0.316 e. The van der Waals surface area contributed by atoms with Gasteiger partial charge in [-0.15, -0.1) is 0 Å². The van der Waals surface area contributed by atoms with E-state index in [2.05, 4.69) is 13.8 Å². The molecule has 1 aliphatic rings. The Labute approximate surface area is 135 Å². The monoisotopic (exact) mass is 326 g/mol. The van der Waals surface area contributed by atoms with E-state index in [9.17, 15) is 4.79 Å². The van der Waals surface area contributed by atoms with Gasteiger partial charge in [0.1, 0.15) is 6.10 Å². The summed E-state index contributed by atoms with van der Waals surface area (Å²) in [6, 6.07) is 0. The van der Waals surface area contributed by atoms with Crippen molar-refractivity contribution in [2.75, 3.05) is 14.2 Å². The van der Waals surface area contributed by atoms with Crippen molar-refractivity contribution < 1.29 is 18.4 Å². The number of rotatable bonds is 6. The first-order chi connectivity index (χ1) is 10.3. The fraction of sp³-hybridized carbons (Fsp3) is 0.588. The fourth-order valence-corrected chi connectivity index (χ4v) is 3.26. The molecule has 1 atom stereocenters. The highest BCUT2D eigenvalue weighted by atomic mass is 31.2. The van der Waals surface area contributed by atoms with E-state index in [0.29, 0.717) is 6.42 Å². The van der Waals surface area contributed by atoms with Gasteiger partial charge in [0.05, 0.1) is 0 Å². The number of carbonyl (C=O) groups excluding carboxylic acids is 1. The van der Waals surface area contributed by atoms with Crippen LogP contribution in [0.4, 0.5) is 0 Å². The molecular formula is C17H27O4P. The summed E-state index contributed by atoms with van der Waals surface area (Å²) in [5.41, 5.74) is 2.85. The minimum absolute atomic E-state index is 0.0127. The first-order valence-electron chi connectivity index (χ1n) is 7.38. The molecule has 0 spiro atoms. The lowest BCUT2D eigenvalue weighted by Gasteiger charge is -2.37. The summed E-state index contributed by atoms with van der Waals surface area (Å²) in [5.74, 6) is 0.0127. The predicted molar refractivity (Wildman–Crippen MR) is 90.5 cm³/mol. The highest BCUT2D eigenvalue weighted by molar-refractivity contribution is 7.41. The van der Waals surface area contributed by atoms with Crippen LogP contribution in [-0.4, -0.2) is 26.1 Å². The van der Waals surface area contributed by atoms with Crippen LogP contribution in [0.5, 0.6) is 0 Å². The SMILES string of the molecule is C/C=C(C)/C=C/C1=C(C)C(=O)C(OP(OC)OC)CC1(C)C. The molecule has 1 rings (SSSR count). The number of hydrogen-bond acceptors (Lipinski definition) is 4. The van der Waals surface area contributed by atoms with Gasteiger partial charge in [0.15, 0.2) is 5.78 Å². The van der Waals surface area contributed by atoms with E-state index in [1.165, 1.54) is 19.8 Å². The lowest BCUT2D eigenvalue weighted by Crippen LogP contribution is -2.37. The number of ketones is 1. The lowest BCUT2D eigenvalue weighted by atomic mass is 9.71. The Morgan fingerprint density at radius 1 is 1.32 bits per heavy atom. The van der Waals surface area contributed by atoms with Gasteiger partial charge in [-0.25, -0.2) is 0 Å². The molecule has 0 aromatic heterocycles. The maximum atomic E-state index is 12.6. The molecule has 1 aliphatic carbocycles. The molecule has 0 bridgehead atoms. The molecule has 22 heavy (non-hydrogen) atoms. The van der Waals surface area contributed by atoms with Crippen LogP contribution in [-0.2, 0) is 18.4 Å². The van der Waals surface area contributed by atoms with Gasteiger partial charge in [-0.2, -0.15) is 0 Å². The van der Waals surface area contributed by atoms with Gasteiger partial charge >= 0.3 is 8.60 Å². The normalized spacial score (nSPS) is 23.0. The Bertz CT molecular complexity index is 499. The standard InChI is InChI=1S/C17H27O4P/c1-8-12(2)9-10-14-13(3)16(18)15(11-17(14,4)5)21-22(19-6)20-7/h8-10,15H,11H2,1-7H3/b10-9+,12-8+. The Kier molecular flexibility index (Phi) is 7.14. The maximum absolute atomic E-state index is 12.6. The molecule has 0 aromatic rings. The third-order valence-corrected chi connectivity index (χ3v) is 4.99. The Hall–Kier alpha value is -0.800. The van der Waals surface area contributed by atoms with Crippen molar-refractivity contribution in [2.45, 2.75) is 47.1 Å². The van der Waals surface area contributed by atoms with E-state index in [1.807, 2.05) is 39.0 Å². The van der Waals surface area contributed by atoms with Gasteiger partial charge in [0.2, 0.25) is 0 Å². The van der Waals surface area contributed by atoms with E-state index in [0.717, 1.165) is 11.1 Å². The molecule has 5 heteroatoms. The highest BCUT2D eigenvalue weighted by Gasteiger charge is 2.39. The summed E-state index contributed by atoms with van der Waals surface area (Å²) in [5, 5.41) is 0. The van der Waals surface area contributed by atoms with Crippen LogP contribution < -0.4 is 0 Å². The van der Waals surface area contributed by atoms with Crippen molar-refractivity contribution in [3.8, 4) is 0 Å². The van der Waals surface area contributed by atoms with Crippen LogP contribution in [0.25, 0.3) is 0 Å². The molecule has 0 heterocycles. The zero-order valence-corrected chi connectivity index (χ0v) is 15.5. The largest absolute Gasteiger partial charge is 0.332 e. The molecule has 4 nitrogen and oxygen atoms in total. The van der Waals surface area contributed by atoms with Gasteiger partial charge < -0.3 is 13.6 Å². The van der Waals surface area contributed by atoms with Crippen LogP contribution in [0, 0.1) is 5.41 Å². The van der Waals surface area contributed by atoms with E-state index in [1.54, 1.807) is 0 Å². The van der Waals surface area contributed by atoms with Crippen molar-refractivity contribution in [3.63, 3.8) is 0 Å². The molecule has 0 amide bonds. The molecule has 0 saturated carbocycles. The van der Waals surface area contributed by atoms with Gasteiger partial charge in [-0.3, -0.25) is 4.79 Å². The summed E-state index contributed by atoms with van der Waals surface area (Å²) < 4.78 is 15.9. The molecule has 0 aliphatic heterocycles. The van der Waals surface area contributed by atoms with Crippen LogP contribution in [0.15, 0.2) is 34.9 Å². The first kappa shape index (κ1) is 19.2. The first-order valence-corrected chi connectivity index (χ1v) is 8.48. The average molecular weight is 326 g/mol. The van der Waals surface area contributed by atoms with E-state index >= 15 is 0 Å². The van der Waals surface area contributed by atoms with Crippen molar-refractivity contribution in [3.05, 3.63) is 34.9 Å². The number of allylic oxidation sites excluding steroid dienone is 5. The second-order valence-corrected chi connectivity index (χ2v) is 7.43. The number of carbonyl (C=O) groups is 1. The third kappa shape index (κ3) is 4.60. The van der Waals surface area contributed by atoms with Gasteiger partial charge in [-0.05, 0) is 43.8 Å². The molecule has 0 fully saturated rings. The summed E-state index contributed by atoms with van der Waals surface area (Å²) in [4.78, 5) is 12.6. The molecule has 0 aromatic carbocycles. The lowest BCUT2D eigenvalue weighted by molar-refractivity contribution is -0.124. The van der Waals surface area contributed by atoms with Gasteiger partial charge in [0.25, 0.3) is 0 Å². The van der Waals surface area contributed by atoms with Crippen molar-refractivity contribution in [1.29, 1.82) is 0 Å². The number of Topliss-reactive ketones (excluding diaryl/α,β-unsaturated/α-hetero) is 1. The zero-order valence-electron chi connectivity index (χ0n) is 14.6. The quantitative estimate of drug-likeness (QED) is 0.523. The molecule has 124 valence electrons. The molecule has 0 radical (unpaired) electrons. The van der Waals surface area contributed by atoms with Crippen LogP contribution in [0.2, 0.25) is 0 Å². The maximum Gasteiger partial charge on any atom is 0.332 e. The van der Waals surface area contributed by atoms with Gasteiger partial charge in [0, 0.05) is 14.2 Å². The van der Waals surface area contributed by atoms with Gasteiger partial charge in [-0.1, -0.05) is 37.6 Å². The second kappa shape index (κ2) is 8.16. The summed E-state index contributed by atoms with van der Waals surface area (Å²) >= 11 is 0. The average Bonchev–Trinajstić information content (AvgIpc) is 2.48. The number of hydrogen-bond donors (Lipinski definition) is 0. The van der Waals surface area contributed by atoms with Crippen molar-refractivity contribution in [2.24, 2.45) is 5.41 Å². The Morgan fingerprint density at radius 3 is 2.41 bits per heavy atom. The Balaban J connectivity index is 3.08. The fourth-order valence-electron chi connectivity index (χ4n) is 2.56. The molecule has 1 unspecified atom stereocenters. The third-order valence-electron chi connectivity index (χ3n) is 3.97. The Morgan fingerprint density at radius 2 is 1.91 bits per heavy atom. The van der Waals surface area contributed by atoms with Crippen molar-refractivity contribution >= 4 is 14.4 Å². The molecular weight excluding hydrogens is 299 g/mol. The zero-order chi connectivity index (χ0) is 16.9.